The number of nitrogens with one attached hydrogen (secondary N) is 1. The number of nitrogen functional groups attached to an aromatic ring is 1. The number of hydrogen-bond donors (Lipinski definition) is 2. The molecule has 2 aromatic heterocycles. The largest absolute Gasteiger partial charge is 0.481 e. The Morgan fingerprint density at radius 1 is 1.48 bits per heavy atom. The number of rotatable bonds is 4. The number of pyridine rings is 1. The first-order chi connectivity index (χ1) is 9.97. The molecule has 0 aromatic carbocycles. The summed E-state index contributed by atoms with van der Waals surface area (Å²) < 4.78 is 6.08. The number of carbonyl (C=O) groups is 1. The molecule has 9 heteroatoms. The van der Waals surface area contributed by atoms with Gasteiger partial charge in [-0.2, -0.15) is 4.98 Å². The van der Waals surface area contributed by atoms with Crippen LogP contribution in [0.15, 0.2) is 29.2 Å². The Kier molecular flexibility index (Phi) is 4.39. The second kappa shape index (κ2) is 6.23. The number of carbonyl (C=O) groups excluding carboxylic acids is 1. The molecule has 0 radical (unpaired) electrons. The first kappa shape index (κ1) is 14.8. The Hall–Kier alpha value is -2.61. The quantitative estimate of drug-likeness (QED) is 0.796. The molecule has 0 aliphatic rings. The fraction of sp³-hybridized carbons (Fsp3) is 0.167. The lowest BCUT2D eigenvalue weighted by Gasteiger charge is -2.08. The molecule has 0 aliphatic heterocycles. The van der Waals surface area contributed by atoms with Crippen LogP contribution < -0.4 is 21.3 Å². The summed E-state index contributed by atoms with van der Waals surface area (Å²) in [5.74, 6) is -0.292. The van der Waals surface area contributed by atoms with E-state index in [0.29, 0.717) is 5.69 Å². The molecule has 3 N–H and O–H groups in total. The summed E-state index contributed by atoms with van der Waals surface area (Å²) in [7, 11) is 1.41. The highest BCUT2D eigenvalue weighted by Gasteiger charge is 2.09. The van der Waals surface area contributed by atoms with Crippen molar-refractivity contribution in [1.29, 1.82) is 0 Å². The number of aromatic nitrogens is 3. The minimum atomic E-state index is -0.494. The average molecular weight is 310 g/mol. The normalized spacial score (nSPS) is 10.2. The van der Waals surface area contributed by atoms with Gasteiger partial charge in [-0.15, -0.1) is 0 Å². The molecule has 1 amide bonds. The number of amides is 1. The van der Waals surface area contributed by atoms with Gasteiger partial charge in [-0.05, 0) is 6.07 Å². The van der Waals surface area contributed by atoms with Crippen LogP contribution in [-0.4, -0.2) is 27.6 Å². The molecule has 2 rings (SSSR count). The number of halogens is 1. The van der Waals surface area contributed by atoms with E-state index in [1.54, 1.807) is 0 Å². The lowest BCUT2D eigenvalue weighted by molar-refractivity contribution is -0.116. The maximum Gasteiger partial charge on any atom is 0.251 e. The van der Waals surface area contributed by atoms with E-state index in [0.717, 1.165) is 0 Å². The van der Waals surface area contributed by atoms with Crippen molar-refractivity contribution in [3.8, 4) is 5.88 Å². The molecule has 0 bridgehead atoms. The van der Waals surface area contributed by atoms with Crippen LogP contribution in [0.3, 0.4) is 0 Å². The number of nitrogens with zero attached hydrogens (tertiary/aromatic N) is 3. The van der Waals surface area contributed by atoms with Crippen molar-refractivity contribution in [1.82, 2.24) is 14.5 Å². The summed E-state index contributed by atoms with van der Waals surface area (Å²) >= 11 is 5.76. The summed E-state index contributed by atoms with van der Waals surface area (Å²) in [5, 5.41) is 2.55. The van der Waals surface area contributed by atoms with Crippen molar-refractivity contribution >= 4 is 29.1 Å². The predicted molar refractivity (Wildman–Crippen MR) is 77.3 cm³/mol. The molecule has 0 saturated carbocycles. The van der Waals surface area contributed by atoms with E-state index in [2.05, 4.69) is 15.3 Å². The maximum absolute atomic E-state index is 11.9. The summed E-state index contributed by atoms with van der Waals surface area (Å²) in [5.41, 5.74) is 5.60. The van der Waals surface area contributed by atoms with Gasteiger partial charge in [-0.1, -0.05) is 11.6 Å². The van der Waals surface area contributed by atoms with Crippen LogP contribution in [0.5, 0.6) is 5.88 Å². The van der Waals surface area contributed by atoms with Crippen molar-refractivity contribution in [2.75, 3.05) is 18.2 Å². The zero-order valence-electron chi connectivity index (χ0n) is 11.0. The van der Waals surface area contributed by atoms with Crippen molar-refractivity contribution < 1.29 is 9.53 Å². The highest BCUT2D eigenvalue weighted by atomic mass is 35.5. The molecule has 0 saturated heterocycles. The summed E-state index contributed by atoms with van der Waals surface area (Å²) in [6.45, 7) is -0.220. The molecule has 8 nitrogen and oxygen atoms in total. The number of nitrogens with two attached hydrogens (primary N) is 1. The third kappa shape index (κ3) is 3.93. The lowest BCUT2D eigenvalue weighted by Crippen LogP contribution is -2.27. The fourth-order valence-electron chi connectivity index (χ4n) is 1.55. The highest BCUT2D eigenvalue weighted by molar-refractivity contribution is 6.29. The van der Waals surface area contributed by atoms with E-state index in [9.17, 15) is 9.59 Å². The SMILES string of the molecule is COc1cc(Cl)nc(NC(=O)Cn2cc(N)ccc2=O)n1. The van der Waals surface area contributed by atoms with Crippen LogP contribution in [0.1, 0.15) is 0 Å². The van der Waals surface area contributed by atoms with Gasteiger partial charge in [0, 0.05) is 24.0 Å². The Balaban J connectivity index is 2.13. The van der Waals surface area contributed by atoms with Crippen LogP contribution in [0.25, 0.3) is 0 Å². The zero-order valence-corrected chi connectivity index (χ0v) is 11.8. The molecular formula is C12H12ClN5O3. The minimum Gasteiger partial charge on any atom is -0.481 e. The van der Waals surface area contributed by atoms with E-state index in [4.69, 9.17) is 22.1 Å². The maximum atomic E-state index is 11.9. The molecule has 0 fully saturated rings. The monoisotopic (exact) mass is 309 g/mol. The lowest BCUT2D eigenvalue weighted by atomic mass is 10.4. The van der Waals surface area contributed by atoms with E-state index in [1.807, 2.05) is 0 Å². The van der Waals surface area contributed by atoms with Gasteiger partial charge in [-0.3, -0.25) is 14.9 Å². The first-order valence-corrected chi connectivity index (χ1v) is 6.20. The fourth-order valence-corrected chi connectivity index (χ4v) is 1.72. The Morgan fingerprint density at radius 2 is 2.24 bits per heavy atom. The molecule has 2 aromatic rings. The number of methoxy groups -OCH3 is 1. The van der Waals surface area contributed by atoms with Crippen molar-refractivity contribution in [2.24, 2.45) is 0 Å². The van der Waals surface area contributed by atoms with Crippen LogP contribution >= 0.6 is 11.6 Å². The molecular weight excluding hydrogens is 298 g/mol. The van der Waals surface area contributed by atoms with Gasteiger partial charge < -0.3 is 15.0 Å². The number of ether oxygens (including phenoxy) is 1. The molecule has 110 valence electrons. The molecule has 0 atom stereocenters. The second-order valence-corrected chi connectivity index (χ2v) is 4.42. The van der Waals surface area contributed by atoms with E-state index >= 15 is 0 Å². The van der Waals surface area contributed by atoms with Gasteiger partial charge >= 0.3 is 0 Å². The van der Waals surface area contributed by atoms with Gasteiger partial charge in [0.05, 0.1) is 7.11 Å². The van der Waals surface area contributed by atoms with Gasteiger partial charge in [0.15, 0.2) is 0 Å². The van der Waals surface area contributed by atoms with Gasteiger partial charge in [0.1, 0.15) is 11.7 Å². The Morgan fingerprint density at radius 3 is 2.95 bits per heavy atom. The van der Waals surface area contributed by atoms with Gasteiger partial charge in [0.25, 0.3) is 5.56 Å². The van der Waals surface area contributed by atoms with Crippen LogP contribution in [0.4, 0.5) is 11.6 Å². The first-order valence-electron chi connectivity index (χ1n) is 5.82. The predicted octanol–water partition coefficient (Wildman–Crippen LogP) is 0.521. The van der Waals surface area contributed by atoms with Crippen LogP contribution in [0.2, 0.25) is 5.15 Å². The van der Waals surface area contributed by atoms with Crippen molar-refractivity contribution in [3.05, 3.63) is 39.9 Å². The molecule has 21 heavy (non-hydrogen) atoms. The highest BCUT2D eigenvalue weighted by Crippen LogP contribution is 2.15. The summed E-state index contributed by atoms with van der Waals surface area (Å²) in [6, 6.07) is 4.14. The topological polar surface area (TPSA) is 112 Å². The van der Waals surface area contributed by atoms with Crippen LogP contribution in [-0.2, 0) is 11.3 Å². The van der Waals surface area contributed by atoms with Crippen molar-refractivity contribution in [3.63, 3.8) is 0 Å². The van der Waals surface area contributed by atoms with Crippen molar-refractivity contribution in [2.45, 2.75) is 6.54 Å². The van der Waals surface area contributed by atoms with Gasteiger partial charge in [0.2, 0.25) is 17.7 Å². The average Bonchev–Trinajstić information content (AvgIpc) is 2.42. The minimum absolute atomic E-state index is 0.0127. The Bertz CT molecular complexity index is 731. The number of anilines is 2. The smallest absolute Gasteiger partial charge is 0.251 e. The van der Waals surface area contributed by atoms with Crippen LogP contribution in [0, 0.1) is 0 Å². The van der Waals surface area contributed by atoms with E-state index in [-0.39, 0.29) is 29.1 Å². The Labute approximate surface area is 124 Å². The number of hydrogen-bond acceptors (Lipinski definition) is 6. The second-order valence-electron chi connectivity index (χ2n) is 4.03. The van der Waals surface area contributed by atoms with E-state index < -0.39 is 5.91 Å². The van der Waals surface area contributed by atoms with Gasteiger partial charge in [-0.25, -0.2) is 4.98 Å². The molecule has 0 unspecified atom stereocenters. The van der Waals surface area contributed by atoms with E-state index in [1.165, 1.54) is 36.1 Å². The summed E-state index contributed by atoms with van der Waals surface area (Å²) in [6.07, 6.45) is 1.38. The molecule has 0 spiro atoms. The standard InChI is InChI=1S/C12H12ClN5O3/c1-21-10-4-8(13)15-12(17-10)16-9(19)6-18-5-7(14)2-3-11(18)20/h2-5H,6,14H2,1H3,(H,15,16,17,19). The zero-order chi connectivity index (χ0) is 15.4. The molecule has 2 heterocycles. The third-order valence-corrected chi connectivity index (χ3v) is 2.65. The molecule has 0 aliphatic carbocycles. The summed E-state index contributed by atoms with van der Waals surface area (Å²) in [4.78, 5) is 31.2. The third-order valence-electron chi connectivity index (χ3n) is 2.45.